The molecule has 94 valence electrons. The van der Waals surface area contributed by atoms with Gasteiger partial charge in [-0.25, -0.2) is 0 Å². The smallest absolute Gasteiger partial charge is 0.224 e. The van der Waals surface area contributed by atoms with Crippen LogP contribution in [0.4, 0.5) is 0 Å². The number of amides is 1. The van der Waals surface area contributed by atoms with E-state index in [1.165, 1.54) is 0 Å². The molecule has 0 aliphatic heterocycles. The molecule has 0 heterocycles. The lowest BCUT2D eigenvalue weighted by molar-refractivity contribution is -0.120. The molecule has 0 saturated carbocycles. The third-order valence-corrected chi connectivity index (χ3v) is 3.21. The Labute approximate surface area is 116 Å². The molecule has 1 rings (SSSR count). The molecule has 0 fully saturated rings. The number of halogens is 2. The zero-order valence-corrected chi connectivity index (χ0v) is 12.1. The van der Waals surface area contributed by atoms with Crippen molar-refractivity contribution in [3.63, 3.8) is 0 Å². The average molecular weight is 319 g/mol. The van der Waals surface area contributed by atoms with E-state index in [0.29, 0.717) is 12.3 Å². The Balaban J connectivity index is 2.18. The summed E-state index contributed by atoms with van der Waals surface area (Å²) < 4.78 is 1.03. The van der Waals surface area contributed by atoms with Crippen LogP contribution < -0.4 is 5.32 Å². The Bertz CT molecular complexity index is 340. The number of rotatable bonds is 7. The maximum atomic E-state index is 11.6. The highest BCUT2D eigenvalue weighted by molar-refractivity contribution is 9.10. The summed E-state index contributed by atoms with van der Waals surface area (Å²) in [5.41, 5.74) is 1.03. The first-order valence-corrected chi connectivity index (χ1v) is 7.12. The van der Waals surface area contributed by atoms with Crippen molar-refractivity contribution in [1.29, 1.82) is 0 Å². The van der Waals surface area contributed by atoms with Crippen LogP contribution in [0.15, 0.2) is 28.7 Å². The fourth-order valence-corrected chi connectivity index (χ4v) is 1.93. The second-order valence-electron chi connectivity index (χ2n) is 3.90. The van der Waals surface area contributed by atoms with Gasteiger partial charge in [-0.3, -0.25) is 4.79 Å². The van der Waals surface area contributed by atoms with E-state index in [9.17, 15) is 4.79 Å². The molecule has 0 bridgehead atoms. The molecule has 1 amide bonds. The van der Waals surface area contributed by atoms with Crippen molar-refractivity contribution < 1.29 is 4.79 Å². The highest BCUT2D eigenvalue weighted by atomic mass is 79.9. The number of carbonyl (C=O) groups excluding carboxylic acids is 1. The second kappa shape index (κ2) is 8.54. The van der Waals surface area contributed by atoms with Gasteiger partial charge in [0, 0.05) is 16.9 Å². The van der Waals surface area contributed by atoms with Gasteiger partial charge >= 0.3 is 0 Å². The Kier molecular flexibility index (Phi) is 7.29. The predicted molar refractivity (Wildman–Crippen MR) is 75.4 cm³/mol. The summed E-state index contributed by atoms with van der Waals surface area (Å²) in [4.78, 5) is 11.6. The SMILES string of the molecule is O=C(Cc1ccc(Br)cc1)NCCCCCCl. The summed E-state index contributed by atoms with van der Waals surface area (Å²) >= 11 is 8.94. The molecule has 0 radical (unpaired) electrons. The first kappa shape index (κ1) is 14.5. The Morgan fingerprint density at radius 3 is 2.53 bits per heavy atom. The van der Waals surface area contributed by atoms with E-state index < -0.39 is 0 Å². The molecule has 0 atom stereocenters. The molecule has 1 aromatic rings. The van der Waals surface area contributed by atoms with E-state index in [1.807, 2.05) is 24.3 Å². The predicted octanol–water partition coefficient (Wildman–Crippen LogP) is 3.52. The van der Waals surface area contributed by atoms with Gasteiger partial charge in [-0.15, -0.1) is 11.6 Å². The number of hydrogen-bond donors (Lipinski definition) is 1. The summed E-state index contributed by atoms with van der Waals surface area (Å²) in [7, 11) is 0. The normalized spacial score (nSPS) is 10.2. The van der Waals surface area contributed by atoms with Crippen molar-refractivity contribution in [1.82, 2.24) is 5.32 Å². The lowest BCUT2D eigenvalue weighted by Gasteiger charge is -2.05. The maximum absolute atomic E-state index is 11.6. The molecule has 0 aliphatic carbocycles. The fraction of sp³-hybridized carbons (Fsp3) is 0.462. The van der Waals surface area contributed by atoms with Gasteiger partial charge in [0.25, 0.3) is 0 Å². The molecular formula is C13H17BrClNO. The topological polar surface area (TPSA) is 29.1 Å². The molecule has 1 N–H and O–H groups in total. The van der Waals surface area contributed by atoms with Crippen LogP contribution in [0.5, 0.6) is 0 Å². The van der Waals surface area contributed by atoms with Crippen LogP contribution in [0, 0.1) is 0 Å². The van der Waals surface area contributed by atoms with Crippen molar-refractivity contribution >= 4 is 33.4 Å². The number of alkyl halides is 1. The van der Waals surface area contributed by atoms with Gasteiger partial charge in [0.05, 0.1) is 6.42 Å². The van der Waals surface area contributed by atoms with Crippen LogP contribution in [0.3, 0.4) is 0 Å². The highest BCUT2D eigenvalue weighted by Gasteiger charge is 2.02. The molecule has 0 spiro atoms. The van der Waals surface area contributed by atoms with Crippen LogP contribution in [0.1, 0.15) is 24.8 Å². The average Bonchev–Trinajstić information content (AvgIpc) is 2.32. The Morgan fingerprint density at radius 1 is 1.18 bits per heavy atom. The number of nitrogens with one attached hydrogen (secondary N) is 1. The fourth-order valence-electron chi connectivity index (χ4n) is 1.47. The van der Waals surface area contributed by atoms with Crippen LogP contribution >= 0.6 is 27.5 Å². The standard InChI is InChI=1S/C13H17BrClNO/c14-12-6-4-11(5-7-12)10-13(17)16-9-3-1-2-8-15/h4-7H,1-3,8-10H2,(H,16,17). The van der Waals surface area contributed by atoms with Crippen LogP contribution in [-0.4, -0.2) is 18.3 Å². The summed E-state index contributed by atoms with van der Waals surface area (Å²) in [6.07, 6.45) is 3.54. The number of hydrogen-bond acceptors (Lipinski definition) is 1. The van der Waals surface area contributed by atoms with Gasteiger partial charge in [0.1, 0.15) is 0 Å². The minimum atomic E-state index is 0.0817. The second-order valence-corrected chi connectivity index (χ2v) is 5.20. The van der Waals surface area contributed by atoms with Crippen molar-refractivity contribution in [2.45, 2.75) is 25.7 Å². The van der Waals surface area contributed by atoms with Crippen molar-refractivity contribution in [3.8, 4) is 0 Å². The van der Waals surface area contributed by atoms with Crippen molar-refractivity contribution in [2.75, 3.05) is 12.4 Å². The molecular weight excluding hydrogens is 302 g/mol. The molecule has 4 heteroatoms. The summed E-state index contributed by atoms with van der Waals surface area (Å²) in [5.74, 6) is 0.783. The largest absolute Gasteiger partial charge is 0.356 e. The van der Waals surface area contributed by atoms with Crippen molar-refractivity contribution in [3.05, 3.63) is 34.3 Å². The van der Waals surface area contributed by atoms with Gasteiger partial charge in [-0.05, 0) is 30.5 Å². The number of benzene rings is 1. The van der Waals surface area contributed by atoms with Gasteiger partial charge < -0.3 is 5.32 Å². The summed E-state index contributed by atoms with van der Waals surface area (Å²) in [6, 6.07) is 7.81. The Morgan fingerprint density at radius 2 is 1.88 bits per heavy atom. The van der Waals surface area contributed by atoms with E-state index in [2.05, 4.69) is 21.2 Å². The lowest BCUT2D eigenvalue weighted by atomic mass is 10.1. The van der Waals surface area contributed by atoms with Gasteiger partial charge in [-0.2, -0.15) is 0 Å². The van der Waals surface area contributed by atoms with Gasteiger partial charge in [-0.1, -0.05) is 34.5 Å². The number of unbranched alkanes of at least 4 members (excludes halogenated alkanes) is 2. The van der Waals surface area contributed by atoms with Crippen LogP contribution in [0.25, 0.3) is 0 Å². The molecule has 0 aliphatic rings. The van der Waals surface area contributed by atoms with Gasteiger partial charge in [0.2, 0.25) is 5.91 Å². The summed E-state index contributed by atoms with van der Waals surface area (Å²) in [6.45, 7) is 0.742. The van der Waals surface area contributed by atoms with E-state index in [0.717, 1.165) is 35.8 Å². The molecule has 0 aromatic heterocycles. The van der Waals surface area contributed by atoms with E-state index in [1.54, 1.807) is 0 Å². The lowest BCUT2D eigenvalue weighted by Crippen LogP contribution is -2.26. The zero-order valence-electron chi connectivity index (χ0n) is 9.72. The van der Waals surface area contributed by atoms with Crippen molar-refractivity contribution in [2.24, 2.45) is 0 Å². The molecule has 1 aromatic carbocycles. The molecule has 17 heavy (non-hydrogen) atoms. The first-order chi connectivity index (χ1) is 8.22. The third-order valence-electron chi connectivity index (χ3n) is 2.41. The molecule has 0 saturated heterocycles. The number of carbonyl (C=O) groups is 1. The van der Waals surface area contributed by atoms with E-state index in [-0.39, 0.29) is 5.91 Å². The minimum absolute atomic E-state index is 0.0817. The van der Waals surface area contributed by atoms with Crippen LogP contribution in [-0.2, 0) is 11.2 Å². The van der Waals surface area contributed by atoms with E-state index in [4.69, 9.17) is 11.6 Å². The summed E-state index contributed by atoms with van der Waals surface area (Å²) in [5, 5.41) is 2.91. The third kappa shape index (κ3) is 6.69. The molecule has 0 unspecified atom stereocenters. The van der Waals surface area contributed by atoms with Crippen LogP contribution in [0.2, 0.25) is 0 Å². The first-order valence-electron chi connectivity index (χ1n) is 5.79. The maximum Gasteiger partial charge on any atom is 0.224 e. The Hall–Kier alpha value is -0.540. The van der Waals surface area contributed by atoms with E-state index >= 15 is 0 Å². The monoisotopic (exact) mass is 317 g/mol. The highest BCUT2D eigenvalue weighted by Crippen LogP contribution is 2.10. The zero-order chi connectivity index (χ0) is 12.5. The molecule has 2 nitrogen and oxygen atoms in total. The quantitative estimate of drug-likeness (QED) is 0.605. The minimum Gasteiger partial charge on any atom is -0.356 e. The van der Waals surface area contributed by atoms with Gasteiger partial charge in [0.15, 0.2) is 0 Å².